The molecule has 1 aliphatic heterocycles. The SMILES string of the molecule is CC(NC1CCN(C(C)C)CC1)c1cnc2ccsc2c1. The molecule has 3 heterocycles. The van der Waals surface area contributed by atoms with E-state index in [-0.39, 0.29) is 0 Å². The van der Waals surface area contributed by atoms with Gasteiger partial charge in [-0.2, -0.15) is 0 Å². The number of nitrogens with one attached hydrogen (secondary N) is 1. The zero-order valence-electron chi connectivity index (χ0n) is 13.2. The quantitative estimate of drug-likeness (QED) is 0.930. The molecule has 3 rings (SSSR count). The Morgan fingerprint density at radius 3 is 2.76 bits per heavy atom. The fourth-order valence-corrected chi connectivity index (χ4v) is 3.92. The van der Waals surface area contributed by atoms with Crippen LogP contribution in [0.2, 0.25) is 0 Å². The molecule has 1 fully saturated rings. The number of thiophene rings is 1. The molecule has 0 radical (unpaired) electrons. The second-order valence-electron chi connectivity index (χ2n) is 6.36. The zero-order valence-corrected chi connectivity index (χ0v) is 14.0. The molecule has 0 amide bonds. The number of likely N-dealkylation sites (tertiary alicyclic amines) is 1. The molecule has 1 unspecified atom stereocenters. The highest BCUT2D eigenvalue weighted by molar-refractivity contribution is 7.17. The third-order valence-electron chi connectivity index (χ3n) is 4.57. The number of hydrogen-bond donors (Lipinski definition) is 1. The van der Waals surface area contributed by atoms with Crippen LogP contribution in [0.3, 0.4) is 0 Å². The first kappa shape index (κ1) is 14.9. The predicted octanol–water partition coefficient (Wildman–Crippen LogP) is 3.82. The summed E-state index contributed by atoms with van der Waals surface area (Å²) in [4.78, 5) is 7.12. The van der Waals surface area contributed by atoms with E-state index in [4.69, 9.17) is 0 Å². The van der Waals surface area contributed by atoms with Crippen LogP contribution in [-0.4, -0.2) is 35.1 Å². The Bertz CT molecular complexity index is 584. The van der Waals surface area contributed by atoms with Crippen molar-refractivity contribution in [3.8, 4) is 0 Å². The van der Waals surface area contributed by atoms with Crippen LogP contribution in [0.1, 0.15) is 45.2 Å². The van der Waals surface area contributed by atoms with E-state index in [9.17, 15) is 0 Å². The van der Waals surface area contributed by atoms with Crippen LogP contribution < -0.4 is 5.32 Å². The number of nitrogens with zero attached hydrogens (tertiary/aromatic N) is 2. The van der Waals surface area contributed by atoms with Gasteiger partial charge in [0, 0.05) is 24.3 Å². The minimum absolute atomic E-state index is 0.375. The number of fused-ring (bicyclic) bond motifs is 1. The van der Waals surface area contributed by atoms with Gasteiger partial charge in [0.15, 0.2) is 0 Å². The molecule has 0 spiro atoms. The lowest BCUT2D eigenvalue weighted by molar-refractivity contribution is 0.157. The predicted molar refractivity (Wildman–Crippen MR) is 90.9 cm³/mol. The number of aromatic nitrogens is 1. The molecule has 0 bridgehead atoms. The van der Waals surface area contributed by atoms with Gasteiger partial charge in [0.1, 0.15) is 0 Å². The van der Waals surface area contributed by atoms with Gasteiger partial charge in [-0.25, -0.2) is 0 Å². The van der Waals surface area contributed by atoms with Crippen molar-refractivity contribution in [2.45, 2.75) is 51.7 Å². The molecule has 21 heavy (non-hydrogen) atoms. The van der Waals surface area contributed by atoms with Crippen LogP contribution in [-0.2, 0) is 0 Å². The van der Waals surface area contributed by atoms with Crippen molar-refractivity contribution < 1.29 is 0 Å². The smallest absolute Gasteiger partial charge is 0.0809 e. The number of hydrogen-bond acceptors (Lipinski definition) is 4. The Morgan fingerprint density at radius 1 is 1.29 bits per heavy atom. The van der Waals surface area contributed by atoms with E-state index in [0.717, 1.165) is 5.52 Å². The fraction of sp³-hybridized carbons (Fsp3) is 0.588. The highest BCUT2D eigenvalue weighted by Gasteiger charge is 2.22. The maximum atomic E-state index is 4.55. The minimum Gasteiger partial charge on any atom is -0.307 e. The molecule has 0 saturated carbocycles. The molecule has 1 saturated heterocycles. The van der Waals surface area contributed by atoms with Crippen LogP contribution in [0.15, 0.2) is 23.7 Å². The summed E-state index contributed by atoms with van der Waals surface area (Å²) in [6, 6.07) is 6.06. The summed E-state index contributed by atoms with van der Waals surface area (Å²) in [5, 5.41) is 5.90. The van der Waals surface area contributed by atoms with Gasteiger partial charge in [-0.1, -0.05) is 0 Å². The van der Waals surface area contributed by atoms with E-state index in [1.807, 2.05) is 6.20 Å². The first-order chi connectivity index (χ1) is 10.1. The van der Waals surface area contributed by atoms with Crippen molar-refractivity contribution in [3.63, 3.8) is 0 Å². The van der Waals surface area contributed by atoms with Crippen LogP contribution in [0.5, 0.6) is 0 Å². The number of piperidine rings is 1. The Hall–Kier alpha value is -0.970. The molecule has 1 atom stereocenters. The van der Waals surface area contributed by atoms with Gasteiger partial charge in [-0.3, -0.25) is 4.98 Å². The lowest BCUT2D eigenvalue weighted by Crippen LogP contribution is -2.45. The van der Waals surface area contributed by atoms with E-state index in [1.54, 1.807) is 11.3 Å². The van der Waals surface area contributed by atoms with Gasteiger partial charge in [0.05, 0.1) is 10.2 Å². The molecule has 2 aromatic heterocycles. The van der Waals surface area contributed by atoms with Crippen molar-refractivity contribution in [2.75, 3.05) is 13.1 Å². The summed E-state index contributed by atoms with van der Waals surface area (Å²) < 4.78 is 1.29. The standard InChI is InChI=1S/C17H25N3S/c1-12(2)20-7-4-15(5-8-20)19-13(3)14-10-17-16(18-11-14)6-9-21-17/h6,9-13,15,19H,4-5,7-8H2,1-3H3. The van der Waals surface area contributed by atoms with Gasteiger partial charge in [0.25, 0.3) is 0 Å². The first-order valence-electron chi connectivity index (χ1n) is 7.96. The molecule has 3 nitrogen and oxygen atoms in total. The van der Waals surface area contributed by atoms with Crippen molar-refractivity contribution in [1.29, 1.82) is 0 Å². The second-order valence-corrected chi connectivity index (χ2v) is 7.31. The fourth-order valence-electron chi connectivity index (χ4n) is 3.13. The molecule has 4 heteroatoms. The zero-order chi connectivity index (χ0) is 14.8. The molecule has 2 aromatic rings. The monoisotopic (exact) mass is 303 g/mol. The van der Waals surface area contributed by atoms with E-state index in [1.165, 1.54) is 36.2 Å². The molecule has 0 aliphatic carbocycles. The van der Waals surface area contributed by atoms with Crippen LogP contribution in [0.25, 0.3) is 10.2 Å². The average Bonchev–Trinajstić information content (AvgIpc) is 2.95. The Morgan fingerprint density at radius 2 is 2.05 bits per heavy atom. The first-order valence-corrected chi connectivity index (χ1v) is 8.84. The van der Waals surface area contributed by atoms with Gasteiger partial charge in [0.2, 0.25) is 0 Å². The van der Waals surface area contributed by atoms with E-state index in [2.05, 4.69) is 53.5 Å². The highest BCUT2D eigenvalue weighted by Crippen LogP contribution is 2.24. The summed E-state index contributed by atoms with van der Waals surface area (Å²) in [5.74, 6) is 0. The molecule has 114 valence electrons. The normalized spacial score (nSPS) is 19.4. The number of rotatable bonds is 4. The third kappa shape index (κ3) is 3.44. The lowest BCUT2D eigenvalue weighted by Gasteiger charge is -2.36. The largest absolute Gasteiger partial charge is 0.307 e. The van der Waals surface area contributed by atoms with Gasteiger partial charge >= 0.3 is 0 Å². The summed E-state index contributed by atoms with van der Waals surface area (Å²) >= 11 is 1.77. The van der Waals surface area contributed by atoms with Crippen LogP contribution in [0, 0.1) is 0 Å². The molecule has 1 aliphatic rings. The summed E-state index contributed by atoms with van der Waals surface area (Å²) in [6.07, 6.45) is 4.52. The maximum Gasteiger partial charge on any atom is 0.0809 e. The lowest BCUT2D eigenvalue weighted by atomic mass is 10.0. The molecule has 0 aromatic carbocycles. The number of pyridine rings is 1. The van der Waals surface area contributed by atoms with Gasteiger partial charge < -0.3 is 10.2 Å². The van der Waals surface area contributed by atoms with E-state index in [0.29, 0.717) is 18.1 Å². The topological polar surface area (TPSA) is 28.2 Å². The Kier molecular flexibility index (Phi) is 4.57. The third-order valence-corrected chi connectivity index (χ3v) is 5.42. The average molecular weight is 303 g/mol. The van der Waals surface area contributed by atoms with Crippen molar-refractivity contribution >= 4 is 21.6 Å². The van der Waals surface area contributed by atoms with Crippen molar-refractivity contribution in [2.24, 2.45) is 0 Å². The molecular weight excluding hydrogens is 278 g/mol. The van der Waals surface area contributed by atoms with Gasteiger partial charge in [-0.15, -0.1) is 11.3 Å². The van der Waals surface area contributed by atoms with E-state index >= 15 is 0 Å². The maximum absolute atomic E-state index is 4.55. The Labute approximate surface area is 131 Å². The minimum atomic E-state index is 0.375. The van der Waals surface area contributed by atoms with Crippen LogP contribution >= 0.6 is 11.3 Å². The molecular formula is C17H25N3S. The van der Waals surface area contributed by atoms with Crippen molar-refractivity contribution in [3.05, 3.63) is 29.3 Å². The van der Waals surface area contributed by atoms with Crippen molar-refractivity contribution in [1.82, 2.24) is 15.2 Å². The van der Waals surface area contributed by atoms with E-state index < -0.39 is 0 Å². The van der Waals surface area contributed by atoms with Crippen LogP contribution in [0.4, 0.5) is 0 Å². The second kappa shape index (κ2) is 6.42. The summed E-state index contributed by atoms with van der Waals surface area (Å²) in [6.45, 7) is 9.26. The summed E-state index contributed by atoms with van der Waals surface area (Å²) in [5.41, 5.74) is 2.41. The molecule has 1 N–H and O–H groups in total. The highest BCUT2D eigenvalue weighted by atomic mass is 32.1. The Balaban J connectivity index is 1.60. The van der Waals surface area contributed by atoms with Gasteiger partial charge in [-0.05, 0) is 69.8 Å². The summed E-state index contributed by atoms with van der Waals surface area (Å²) in [7, 11) is 0.